The molecule has 0 radical (unpaired) electrons. The van der Waals surface area contributed by atoms with Gasteiger partial charge in [-0.1, -0.05) is 43.3 Å². The monoisotopic (exact) mass is 608 g/mol. The maximum absolute atomic E-state index is 13.2. The minimum Gasteiger partial charge on any atom is -0.446 e. The fourth-order valence-corrected chi connectivity index (χ4v) is 5.34. The van der Waals surface area contributed by atoms with Gasteiger partial charge in [-0.15, -0.1) is 0 Å². The number of nitrogens with zero attached hydrogens (tertiary/aromatic N) is 1. The van der Waals surface area contributed by atoms with Crippen molar-refractivity contribution >= 4 is 11.8 Å². The van der Waals surface area contributed by atoms with Crippen molar-refractivity contribution in [2.45, 2.75) is 63.7 Å². The third-order valence-corrected chi connectivity index (χ3v) is 7.97. The molecule has 0 spiro atoms. The maximum Gasteiger partial charge on any atom is 0.416 e. The lowest BCUT2D eigenvalue weighted by molar-refractivity contribution is -0.138. The summed E-state index contributed by atoms with van der Waals surface area (Å²) in [4.78, 5) is 14.1. The molecule has 11 heteroatoms. The molecular weight excluding hydrogens is 574 g/mol. The van der Waals surface area contributed by atoms with Crippen molar-refractivity contribution in [1.29, 1.82) is 0 Å². The van der Waals surface area contributed by atoms with E-state index >= 15 is 0 Å². The number of carbonyl (C=O) groups is 1. The summed E-state index contributed by atoms with van der Waals surface area (Å²) in [7, 11) is 0. The molecule has 3 aromatic rings. The number of carbonyl (C=O) groups excluding carboxylic acids is 1. The van der Waals surface area contributed by atoms with Gasteiger partial charge in [0.05, 0.1) is 11.1 Å². The van der Waals surface area contributed by atoms with Crippen molar-refractivity contribution in [1.82, 2.24) is 4.90 Å². The Hall–Kier alpha value is -3.57. The van der Waals surface area contributed by atoms with Gasteiger partial charge < -0.3 is 9.84 Å². The molecule has 232 valence electrons. The van der Waals surface area contributed by atoms with Crippen LogP contribution in [0.2, 0.25) is 0 Å². The second kappa shape index (κ2) is 13.0. The van der Waals surface area contributed by atoms with Gasteiger partial charge in [0.1, 0.15) is 11.7 Å². The second-order valence-corrected chi connectivity index (χ2v) is 10.9. The number of hydrogen-bond acceptors (Lipinski definition) is 4. The Morgan fingerprint density at radius 2 is 1.28 bits per heavy atom. The van der Waals surface area contributed by atoms with E-state index in [1.807, 2.05) is 19.1 Å². The summed E-state index contributed by atoms with van der Waals surface area (Å²) in [6.45, 7) is 5.41. The van der Waals surface area contributed by atoms with Crippen molar-refractivity contribution in [2.24, 2.45) is 5.92 Å². The van der Waals surface area contributed by atoms with Crippen molar-refractivity contribution in [2.75, 3.05) is 18.4 Å². The first kappa shape index (κ1) is 32.3. The van der Waals surface area contributed by atoms with Gasteiger partial charge in [0, 0.05) is 12.2 Å². The molecule has 1 fully saturated rings. The molecule has 1 atom stereocenters. The predicted octanol–water partition coefficient (Wildman–Crippen LogP) is 8.22. The highest BCUT2D eigenvalue weighted by Crippen LogP contribution is 2.44. The van der Waals surface area contributed by atoms with E-state index < -0.39 is 41.1 Å². The van der Waals surface area contributed by atoms with Crippen LogP contribution in [0.3, 0.4) is 0 Å². The van der Waals surface area contributed by atoms with Crippen molar-refractivity contribution in [3.8, 4) is 0 Å². The Labute approximate surface area is 246 Å². The minimum atomic E-state index is -4.57. The number of hydrogen-bond donors (Lipinski definition) is 2. The zero-order chi connectivity index (χ0) is 31.4. The van der Waals surface area contributed by atoms with Crippen molar-refractivity contribution < 1.29 is 41.0 Å². The Balaban J connectivity index is 1.48. The summed E-state index contributed by atoms with van der Waals surface area (Å²) in [6.07, 6.45) is -8.24. The summed E-state index contributed by atoms with van der Waals surface area (Å²) < 4.78 is 84.5. The van der Waals surface area contributed by atoms with Crippen molar-refractivity contribution in [3.05, 3.63) is 101 Å². The lowest BCUT2D eigenvalue weighted by Crippen LogP contribution is -2.44. The van der Waals surface area contributed by atoms with Gasteiger partial charge in [-0.3, -0.25) is 10.2 Å². The Morgan fingerprint density at radius 3 is 1.70 bits per heavy atom. The van der Waals surface area contributed by atoms with Crippen LogP contribution < -0.4 is 5.32 Å². The SMILES string of the molecule is CCC(C)OC(=O)Nc1ccc(CN2CCC(C(O)(c3ccc(C(F)(F)F)cc3)c3ccc(C(F)(F)F)cc3)CC2)cc1. The van der Waals surface area contributed by atoms with Crippen molar-refractivity contribution in [3.63, 3.8) is 0 Å². The Kier molecular flexibility index (Phi) is 9.76. The van der Waals surface area contributed by atoms with Crippen LogP contribution in [0.25, 0.3) is 0 Å². The molecule has 0 aliphatic carbocycles. The molecule has 0 bridgehead atoms. The molecule has 1 aliphatic heterocycles. The number of anilines is 1. The Bertz CT molecular complexity index is 1290. The lowest BCUT2D eigenvalue weighted by Gasteiger charge is -2.42. The van der Waals surface area contributed by atoms with Crippen LogP contribution in [0.15, 0.2) is 72.8 Å². The molecule has 43 heavy (non-hydrogen) atoms. The van der Waals surface area contributed by atoms with E-state index in [2.05, 4.69) is 10.2 Å². The molecule has 1 aliphatic rings. The lowest BCUT2D eigenvalue weighted by atomic mass is 9.71. The zero-order valence-corrected chi connectivity index (χ0v) is 23.8. The highest BCUT2D eigenvalue weighted by Gasteiger charge is 2.43. The number of ether oxygens (including phenoxy) is 1. The van der Waals surface area contributed by atoms with Gasteiger partial charge in [0.2, 0.25) is 0 Å². The summed E-state index contributed by atoms with van der Waals surface area (Å²) in [6, 6.07) is 15.6. The highest BCUT2D eigenvalue weighted by molar-refractivity contribution is 5.84. The first-order valence-electron chi connectivity index (χ1n) is 14.1. The number of nitrogens with one attached hydrogen (secondary N) is 1. The molecule has 1 saturated heterocycles. The van der Waals surface area contributed by atoms with Crippen LogP contribution in [0.1, 0.15) is 60.9 Å². The van der Waals surface area contributed by atoms with Crippen LogP contribution in [-0.2, 0) is 29.2 Å². The van der Waals surface area contributed by atoms with E-state index in [0.717, 1.165) is 29.8 Å². The molecule has 0 saturated carbocycles. The van der Waals surface area contributed by atoms with E-state index in [1.165, 1.54) is 24.3 Å². The van der Waals surface area contributed by atoms with Gasteiger partial charge in [0.25, 0.3) is 0 Å². The third kappa shape index (κ3) is 7.88. The fourth-order valence-electron chi connectivity index (χ4n) is 5.34. The molecule has 2 N–H and O–H groups in total. The normalized spacial score (nSPS) is 16.1. The van der Waals surface area contributed by atoms with Crippen LogP contribution in [0.5, 0.6) is 0 Å². The number of rotatable bonds is 8. The summed E-state index contributed by atoms with van der Waals surface area (Å²) in [5.74, 6) is -0.458. The molecule has 3 aromatic carbocycles. The summed E-state index contributed by atoms with van der Waals surface area (Å²) in [5, 5.41) is 14.8. The highest BCUT2D eigenvalue weighted by atomic mass is 19.4. The fraction of sp³-hybridized carbons (Fsp3) is 0.406. The van der Waals surface area contributed by atoms with Crippen LogP contribution >= 0.6 is 0 Å². The topological polar surface area (TPSA) is 61.8 Å². The predicted molar refractivity (Wildman–Crippen MR) is 150 cm³/mol. The van der Waals surface area contributed by atoms with E-state index in [0.29, 0.717) is 44.6 Å². The zero-order valence-electron chi connectivity index (χ0n) is 23.8. The molecule has 1 heterocycles. The number of halogens is 6. The third-order valence-electron chi connectivity index (χ3n) is 7.97. The molecular formula is C32H34F6N2O3. The number of aliphatic hydroxyl groups is 1. The average Bonchev–Trinajstić information content (AvgIpc) is 2.97. The standard InChI is InChI=1S/C32H34F6N2O3/c1-3-21(2)43-29(41)39-28-14-4-22(5-15-28)20-40-18-16-25(17-19-40)30(42,23-6-10-26(11-7-23)31(33,34)35)24-8-12-27(13-9-24)32(36,37)38/h4-15,21,25,42H,3,16-20H2,1-2H3,(H,39,41). The van der Waals surface area contributed by atoms with E-state index in [-0.39, 0.29) is 17.2 Å². The number of benzene rings is 3. The molecule has 1 amide bonds. The average molecular weight is 609 g/mol. The number of piperidine rings is 1. The second-order valence-electron chi connectivity index (χ2n) is 10.9. The van der Waals surface area contributed by atoms with Gasteiger partial charge in [-0.05, 0) is 98.3 Å². The van der Waals surface area contributed by atoms with E-state index in [1.54, 1.807) is 19.1 Å². The quantitative estimate of drug-likeness (QED) is 0.253. The van der Waals surface area contributed by atoms with Crippen LogP contribution in [0, 0.1) is 5.92 Å². The first-order chi connectivity index (χ1) is 20.2. The van der Waals surface area contributed by atoms with Gasteiger partial charge in [-0.25, -0.2) is 4.79 Å². The van der Waals surface area contributed by atoms with E-state index in [9.17, 15) is 36.2 Å². The number of likely N-dealkylation sites (tertiary alicyclic amines) is 1. The Morgan fingerprint density at radius 1 is 0.837 bits per heavy atom. The minimum absolute atomic E-state index is 0.189. The number of amides is 1. The molecule has 4 rings (SSSR count). The molecule has 5 nitrogen and oxygen atoms in total. The van der Waals surface area contributed by atoms with Gasteiger partial charge in [0.15, 0.2) is 0 Å². The summed E-state index contributed by atoms with van der Waals surface area (Å²) >= 11 is 0. The smallest absolute Gasteiger partial charge is 0.416 e. The summed E-state index contributed by atoms with van der Waals surface area (Å²) in [5.41, 5.74) is -1.60. The number of alkyl halides is 6. The molecule has 1 unspecified atom stereocenters. The van der Waals surface area contributed by atoms with Gasteiger partial charge in [-0.2, -0.15) is 26.3 Å². The molecule has 0 aromatic heterocycles. The maximum atomic E-state index is 13.2. The van der Waals surface area contributed by atoms with Crippen LogP contribution in [0.4, 0.5) is 36.8 Å². The van der Waals surface area contributed by atoms with E-state index in [4.69, 9.17) is 4.74 Å². The van der Waals surface area contributed by atoms with Gasteiger partial charge >= 0.3 is 18.4 Å². The van der Waals surface area contributed by atoms with Crippen LogP contribution in [-0.4, -0.2) is 35.3 Å². The first-order valence-corrected chi connectivity index (χ1v) is 14.1. The largest absolute Gasteiger partial charge is 0.446 e.